The van der Waals surface area contributed by atoms with Crippen LogP contribution in [0.15, 0.2) is 0 Å². The maximum Gasteiger partial charge on any atom is 2.00 e. The van der Waals surface area contributed by atoms with Gasteiger partial charge in [-0.1, -0.05) is 261 Å². The summed E-state index contributed by atoms with van der Waals surface area (Å²) in [5.41, 5.74) is -7.16. The quantitative estimate of drug-likeness (QED) is 0.0261. The van der Waals surface area contributed by atoms with E-state index in [2.05, 4.69) is 55.4 Å². The zero-order chi connectivity index (χ0) is 46.7. The van der Waals surface area contributed by atoms with Crippen LogP contribution in [0.25, 0.3) is 0 Å². The monoisotopic (exact) mass is 1180 g/mol. The average Bonchev–Trinajstić information content (AvgIpc) is 3.17. The van der Waals surface area contributed by atoms with E-state index in [1.54, 1.807) is 0 Å². The largest absolute Gasteiger partial charge is 2.00 e. The number of hydrogen-bond acceptors (Lipinski definition) is 6. The first-order valence-corrected chi connectivity index (χ1v) is 36.5. The first kappa shape index (κ1) is 77.9. The van der Waals surface area contributed by atoms with E-state index in [1.807, 2.05) is 0 Å². The minimum atomic E-state index is -3.58. The van der Waals surface area contributed by atoms with Gasteiger partial charge >= 0.3 is 58.4 Å². The van der Waals surface area contributed by atoms with E-state index in [9.17, 15) is 19.6 Å². The van der Waals surface area contributed by atoms with Crippen molar-refractivity contribution in [3.05, 3.63) is 0 Å². The standard InChI is InChI=1S/2C26H54O2PS2.3Zn/c2*1-25(2)21-17-13-9-5-7-11-15-19-23-31(29(27,28)30)24-20-16-12-8-6-10-14-18-22-26(3)4;;;/h2*25-26H,5-24H2,1-4H3;;;/q2*-3;3*+2. The van der Waals surface area contributed by atoms with Crippen LogP contribution in [0, 0.1) is 23.7 Å². The Bertz CT molecular complexity index is 916. The maximum absolute atomic E-state index is 12.0. The zero-order valence-electron chi connectivity index (χ0n) is 44.9. The van der Waals surface area contributed by atoms with Gasteiger partial charge in [-0.3, -0.25) is 0 Å². The van der Waals surface area contributed by atoms with Crippen LogP contribution in [0.1, 0.15) is 287 Å². The van der Waals surface area contributed by atoms with E-state index in [0.717, 1.165) is 72.4 Å². The van der Waals surface area contributed by atoms with Gasteiger partial charge in [-0.05, 0) is 72.4 Å². The molecule has 0 spiro atoms. The summed E-state index contributed by atoms with van der Waals surface area (Å²) < 4.78 is 0. The van der Waals surface area contributed by atoms with Gasteiger partial charge in [0, 0.05) is 0 Å². The average molecular weight is 1180 g/mol. The zero-order valence-corrected chi connectivity index (χ0v) is 58.8. The molecule has 65 heavy (non-hydrogen) atoms. The molecule has 0 saturated carbocycles. The minimum Gasteiger partial charge on any atom is -0.854 e. The van der Waals surface area contributed by atoms with Gasteiger partial charge in [0.1, 0.15) is 0 Å². The smallest absolute Gasteiger partial charge is 0.854 e. The van der Waals surface area contributed by atoms with Crippen LogP contribution in [0.4, 0.5) is 0 Å². The SMILES string of the molecule is CC(C)CCCCCCCCCCS(CCCCCCCCCCC(C)C)=P([O-])([O-])[S-].CC(C)CCCCCCCCCCS(CCCCCCCCCCC(C)C)=P([O-])([O-])[S-].[Zn+2].[Zn+2].[Zn+2]. The van der Waals surface area contributed by atoms with Gasteiger partial charge in [0.15, 0.2) is 0 Å². The molecule has 0 amide bonds. The summed E-state index contributed by atoms with van der Waals surface area (Å²) in [4.78, 5) is 48.1. The molecule has 0 rings (SSSR count). The van der Waals surface area contributed by atoms with Crippen LogP contribution >= 0.6 is 11.4 Å². The van der Waals surface area contributed by atoms with Crippen molar-refractivity contribution in [2.45, 2.75) is 287 Å². The van der Waals surface area contributed by atoms with Crippen LogP contribution < -0.4 is 19.6 Å². The molecule has 0 saturated heterocycles. The van der Waals surface area contributed by atoms with Gasteiger partial charge in [0.25, 0.3) is 0 Å². The predicted molar refractivity (Wildman–Crippen MR) is 288 cm³/mol. The Morgan fingerprint density at radius 2 is 0.385 bits per heavy atom. The second kappa shape index (κ2) is 55.7. The first-order chi connectivity index (χ1) is 29.5. The molecule has 0 aliphatic heterocycles. The van der Waals surface area contributed by atoms with E-state index in [4.69, 9.17) is 24.5 Å². The van der Waals surface area contributed by atoms with E-state index >= 15 is 0 Å². The molecule has 0 aliphatic rings. The minimum absolute atomic E-state index is 0. The summed E-state index contributed by atoms with van der Waals surface area (Å²) in [5, 5.41) is 0. The van der Waals surface area contributed by atoms with Crippen molar-refractivity contribution in [1.82, 2.24) is 0 Å². The number of unbranched alkanes of at least 4 members (excludes halogenated alkanes) is 28. The Morgan fingerprint density at radius 3 is 0.508 bits per heavy atom. The molecule has 0 aromatic heterocycles. The second-order valence-electron chi connectivity index (χ2n) is 20.7. The molecular formula is C52H108O4P2S4Zn3. The molecule has 0 aliphatic carbocycles. The molecule has 380 valence electrons. The van der Waals surface area contributed by atoms with Gasteiger partial charge in [0.05, 0.1) is 0 Å². The Balaban J connectivity index is -0.000000353. The second-order valence-corrected chi connectivity index (χ2v) is 36.2. The van der Waals surface area contributed by atoms with Crippen molar-refractivity contribution in [3.63, 3.8) is 0 Å². The molecule has 0 aromatic rings. The van der Waals surface area contributed by atoms with E-state index < -0.39 is 31.5 Å². The third-order valence-corrected chi connectivity index (χ3v) is 26.4. The molecule has 13 heteroatoms. The molecule has 0 bridgehead atoms. The number of hydrogen-bond donors (Lipinski definition) is 0. The van der Waals surface area contributed by atoms with Gasteiger partial charge in [-0.15, -0.1) is 0 Å². The van der Waals surface area contributed by atoms with Crippen LogP contribution in [0.5, 0.6) is 0 Å². The molecule has 0 aromatic carbocycles. The van der Waals surface area contributed by atoms with E-state index in [1.165, 1.54) is 205 Å². The summed E-state index contributed by atoms with van der Waals surface area (Å²) in [6.45, 7) is 18.4. The normalized spacial score (nSPS) is 12.0. The van der Waals surface area contributed by atoms with Gasteiger partial charge in [-0.25, -0.2) is 20.1 Å². The van der Waals surface area contributed by atoms with Crippen LogP contribution in [0.3, 0.4) is 0 Å². The van der Waals surface area contributed by atoms with Gasteiger partial charge in [0.2, 0.25) is 0 Å². The van der Waals surface area contributed by atoms with Crippen LogP contribution in [0.2, 0.25) is 0 Å². The third-order valence-electron chi connectivity index (χ3n) is 12.3. The molecule has 0 radical (unpaired) electrons. The first-order valence-electron chi connectivity index (χ1n) is 26.9. The van der Waals surface area contributed by atoms with Crippen molar-refractivity contribution in [2.24, 2.45) is 23.7 Å². The summed E-state index contributed by atoms with van der Waals surface area (Å²) in [6.07, 6.45) is 46.2. The fraction of sp³-hybridized carbons (Fsp3) is 1.00. The molecule has 0 heterocycles. The molecule has 0 fully saturated rings. The summed E-state index contributed by atoms with van der Waals surface area (Å²) in [5.74, 6) is 6.59. The third kappa shape index (κ3) is 64.0. The molecule has 0 atom stereocenters. The van der Waals surface area contributed by atoms with Crippen molar-refractivity contribution in [3.8, 4) is 0 Å². The fourth-order valence-electron chi connectivity index (χ4n) is 8.18. The molecule has 0 N–H and O–H groups in total. The molecule has 0 unspecified atom stereocenters. The Kier molecular flexibility index (Phi) is 66.7. The fourth-order valence-corrected chi connectivity index (χ4v) is 18.5. The van der Waals surface area contributed by atoms with E-state index in [0.29, 0.717) is 0 Å². The molecular weight excluding hydrogens is 1070 g/mol. The summed E-state index contributed by atoms with van der Waals surface area (Å²) in [7, 11) is -1.12. The predicted octanol–water partition coefficient (Wildman–Crippen LogP) is 15.8. The Labute approximate surface area is 462 Å². The topological polar surface area (TPSA) is 92.2 Å². The van der Waals surface area contributed by atoms with Crippen LogP contribution in [-0.2, 0) is 103 Å². The van der Waals surface area contributed by atoms with E-state index in [-0.39, 0.29) is 58.4 Å². The van der Waals surface area contributed by atoms with Crippen molar-refractivity contribution in [2.75, 3.05) is 23.0 Å². The van der Waals surface area contributed by atoms with Crippen molar-refractivity contribution in [1.29, 1.82) is 0 Å². The van der Waals surface area contributed by atoms with Gasteiger partial charge in [-0.2, -0.15) is 0 Å². The Morgan fingerprint density at radius 1 is 0.262 bits per heavy atom. The summed E-state index contributed by atoms with van der Waals surface area (Å²) >= 11 is 9.75. The summed E-state index contributed by atoms with van der Waals surface area (Å²) in [6, 6.07) is 0. The van der Waals surface area contributed by atoms with Gasteiger partial charge < -0.3 is 55.5 Å². The number of rotatable bonds is 44. The van der Waals surface area contributed by atoms with Crippen molar-refractivity contribution >= 4 is 56.0 Å². The van der Waals surface area contributed by atoms with Crippen LogP contribution in [-0.4, -0.2) is 23.0 Å². The molecule has 4 nitrogen and oxygen atoms in total. The maximum atomic E-state index is 12.0. The van der Waals surface area contributed by atoms with Crippen molar-refractivity contribution < 1.29 is 78.0 Å². The Hall–Kier alpha value is 3.97.